The van der Waals surface area contributed by atoms with Crippen LogP contribution in [0.25, 0.3) is 10.9 Å². The van der Waals surface area contributed by atoms with Gasteiger partial charge in [-0.1, -0.05) is 18.6 Å². The summed E-state index contributed by atoms with van der Waals surface area (Å²) < 4.78 is 5.78. The number of rotatable bonds is 6. The van der Waals surface area contributed by atoms with E-state index in [1.165, 1.54) is 24.8 Å². The van der Waals surface area contributed by atoms with Crippen molar-refractivity contribution in [2.75, 3.05) is 19.7 Å². The smallest absolute Gasteiger partial charge is 0.317 e. The van der Waals surface area contributed by atoms with Crippen molar-refractivity contribution in [3.63, 3.8) is 0 Å². The molecule has 1 atom stereocenters. The van der Waals surface area contributed by atoms with Crippen molar-refractivity contribution in [3.05, 3.63) is 41.6 Å². The highest BCUT2D eigenvalue weighted by Gasteiger charge is 2.27. The Bertz CT molecular complexity index is 797. The molecular weight excluding hydrogens is 338 g/mol. The molecule has 1 aliphatic heterocycles. The summed E-state index contributed by atoms with van der Waals surface area (Å²) in [7, 11) is 0. The van der Waals surface area contributed by atoms with Gasteiger partial charge in [0.1, 0.15) is 0 Å². The number of ether oxygens (including phenoxy) is 1. The van der Waals surface area contributed by atoms with Gasteiger partial charge in [-0.05, 0) is 61.8 Å². The number of hydrogen-bond acceptors (Lipinski definition) is 3. The molecular formula is C22H29N3O2. The standard InChI is InChI=1S/C22H29N3O2/c1-16-9-10-21-19(8-3-11-23-21)20(16)13-24-22(26)25(14-17-5-2-6-17)15-18-7-4-12-27-18/h3,8-11,17-18H,2,4-7,12-15H2,1H3,(H,24,26)/t18-/m1/s1. The molecule has 0 bridgehead atoms. The lowest BCUT2D eigenvalue weighted by atomic mass is 9.85. The highest BCUT2D eigenvalue weighted by Crippen LogP contribution is 2.28. The number of fused-ring (bicyclic) bond motifs is 1. The van der Waals surface area contributed by atoms with Crippen LogP contribution in [0.5, 0.6) is 0 Å². The first-order valence-electron chi connectivity index (χ1n) is 10.2. The Morgan fingerprint density at radius 1 is 1.22 bits per heavy atom. The number of amides is 2. The van der Waals surface area contributed by atoms with E-state index in [1.807, 2.05) is 23.2 Å². The van der Waals surface area contributed by atoms with E-state index >= 15 is 0 Å². The van der Waals surface area contributed by atoms with Gasteiger partial charge in [-0.2, -0.15) is 0 Å². The first-order chi connectivity index (χ1) is 13.2. The average molecular weight is 367 g/mol. The number of nitrogens with one attached hydrogen (secondary N) is 1. The van der Waals surface area contributed by atoms with Crippen LogP contribution in [0.3, 0.4) is 0 Å². The number of nitrogens with zero attached hydrogens (tertiary/aromatic N) is 2. The lowest BCUT2D eigenvalue weighted by Crippen LogP contribution is -2.46. The largest absolute Gasteiger partial charge is 0.376 e. The first-order valence-corrected chi connectivity index (χ1v) is 10.2. The fourth-order valence-corrected chi connectivity index (χ4v) is 4.09. The van der Waals surface area contributed by atoms with Crippen molar-refractivity contribution >= 4 is 16.9 Å². The van der Waals surface area contributed by atoms with Gasteiger partial charge in [0, 0.05) is 37.8 Å². The highest BCUT2D eigenvalue weighted by atomic mass is 16.5. The van der Waals surface area contributed by atoms with Crippen LogP contribution in [0.2, 0.25) is 0 Å². The molecule has 2 amide bonds. The minimum atomic E-state index is 0.0256. The van der Waals surface area contributed by atoms with Gasteiger partial charge in [-0.15, -0.1) is 0 Å². The van der Waals surface area contributed by atoms with Gasteiger partial charge in [0.15, 0.2) is 0 Å². The number of urea groups is 1. The first kappa shape index (κ1) is 18.2. The Morgan fingerprint density at radius 3 is 2.85 bits per heavy atom. The lowest BCUT2D eigenvalue weighted by molar-refractivity contribution is 0.0720. The molecule has 27 heavy (non-hydrogen) atoms. The van der Waals surface area contributed by atoms with Crippen LogP contribution in [0.1, 0.15) is 43.2 Å². The zero-order valence-corrected chi connectivity index (χ0v) is 16.1. The van der Waals surface area contributed by atoms with Crippen molar-refractivity contribution in [1.82, 2.24) is 15.2 Å². The fraction of sp³-hybridized carbons (Fsp3) is 0.545. The normalized spacial score (nSPS) is 19.8. The monoisotopic (exact) mass is 367 g/mol. The minimum Gasteiger partial charge on any atom is -0.376 e. The molecule has 1 saturated carbocycles. The maximum absolute atomic E-state index is 13.0. The third-order valence-corrected chi connectivity index (χ3v) is 5.99. The summed E-state index contributed by atoms with van der Waals surface area (Å²) in [6.45, 7) is 5.00. The summed E-state index contributed by atoms with van der Waals surface area (Å²) in [5, 5.41) is 4.28. The van der Waals surface area contributed by atoms with Crippen LogP contribution in [-0.4, -0.2) is 41.7 Å². The van der Waals surface area contributed by atoms with E-state index < -0.39 is 0 Å². The Balaban J connectivity index is 1.45. The number of aromatic nitrogens is 1. The number of aryl methyl sites for hydroxylation is 1. The van der Waals surface area contributed by atoms with Crippen LogP contribution in [-0.2, 0) is 11.3 Å². The van der Waals surface area contributed by atoms with Gasteiger partial charge in [0.05, 0.1) is 11.6 Å². The summed E-state index contributed by atoms with van der Waals surface area (Å²) in [6, 6.07) is 8.17. The van der Waals surface area contributed by atoms with E-state index in [0.717, 1.165) is 42.5 Å². The molecule has 2 heterocycles. The van der Waals surface area contributed by atoms with Crippen LogP contribution >= 0.6 is 0 Å². The van der Waals surface area contributed by atoms with Crippen molar-refractivity contribution in [2.24, 2.45) is 5.92 Å². The second-order valence-corrected chi connectivity index (χ2v) is 7.93. The van der Waals surface area contributed by atoms with Crippen molar-refractivity contribution in [2.45, 2.75) is 51.7 Å². The summed E-state index contributed by atoms with van der Waals surface area (Å²) >= 11 is 0. The Morgan fingerprint density at radius 2 is 2.11 bits per heavy atom. The van der Waals surface area contributed by atoms with E-state index in [9.17, 15) is 4.79 Å². The zero-order valence-electron chi connectivity index (χ0n) is 16.1. The van der Waals surface area contributed by atoms with Crippen molar-refractivity contribution < 1.29 is 9.53 Å². The zero-order chi connectivity index (χ0) is 18.6. The molecule has 144 valence electrons. The molecule has 5 nitrogen and oxygen atoms in total. The number of carbonyl (C=O) groups excluding carboxylic acids is 1. The third kappa shape index (κ3) is 4.24. The van der Waals surface area contributed by atoms with Crippen LogP contribution in [0.4, 0.5) is 4.79 Å². The number of hydrogen-bond donors (Lipinski definition) is 1. The molecule has 2 fully saturated rings. The van der Waals surface area contributed by atoms with Gasteiger partial charge >= 0.3 is 6.03 Å². The third-order valence-electron chi connectivity index (χ3n) is 5.99. The van der Waals surface area contributed by atoms with E-state index in [4.69, 9.17) is 4.74 Å². The molecule has 4 rings (SSSR count). The quantitative estimate of drug-likeness (QED) is 0.838. The molecule has 0 spiro atoms. The van der Waals surface area contributed by atoms with Crippen LogP contribution in [0.15, 0.2) is 30.5 Å². The topological polar surface area (TPSA) is 54.5 Å². The Labute approximate surface area is 161 Å². The summed E-state index contributed by atoms with van der Waals surface area (Å²) in [5.74, 6) is 0.653. The molecule has 2 aromatic rings. The molecule has 1 N–H and O–H groups in total. The molecule has 2 aliphatic rings. The number of carbonyl (C=O) groups is 1. The molecule has 0 unspecified atom stereocenters. The van der Waals surface area contributed by atoms with Gasteiger partial charge < -0.3 is 15.0 Å². The van der Waals surface area contributed by atoms with Gasteiger partial charge in [0.25, 0.3) is 0 Å². The SMILES string of the molecule is Cc1ccc2ncccc2c1CNC(=O)N(CC1CCC1)C[C@H]1CCCO1. The lowest BCUT2D eigenvalue weighted by Gasteiger charge is -2.33. The predicted molar refractivity (Wildman–Crippen MR) is 107 cm³/mol. The van der Waals surface area contributed by atoms with Crippen LogP contribution < -0.4 is 5.32 Å². The molecule has 1 aromatic heterocycles. The molecule has 1 saturated heterocycles. The van der Waals surface area contributed by atoms with E-state index in [1.54, 1.807) is 0 Å². The number of pyridine rings is 1. The molecule has 1 aromatic carbocycles. The second kappa shape index (κ2) is 8.26. The molecule has 0 radical (unpaired) electrons. The Kier molecular flexibility index (Phi) is 5.58. The van der Waals surface area contributed by atoms with Gasteiger partial charge in [-0.3, -0.25) is 4.98 Å². The highest BCUT2D eigenvalue weighted by molar-refractivity contribution is 5.84. The van der Waals surface area contributed by atoms with E-state index in [0.29, 0.717) is 19.0 Å². The maximum atomic E-state index is 13.0. The maximum Gasteiger partial charge on any atom is 0.317 e. The molecule has 5 heteroatoms. The average Bonchev–Trinajstić information content (AvgIpc) is 3.15. The van der Waals surface area contributed by atoms with E-state index in [2.05, 4.69) is 29.4 Å². The van der Waals surface area contributed by atoms with E-state index in [-0.39, 0.29) is 12.1 Å². The Hall–Kier alpha value is -2.14. The van der Waals surface area contributed by atoms with Crippen molar-refractivity contribution in [1.29, 1.82) is 0 Å². The van der Waals surface area contributed by atoms with Crippen LogP contribution in [0, 0.1) is 12.8 Å². The minimum absolute atomic E-state index is 0.0256. The fourth-order valence-electron chi connectivity index (χ4n) is 4.09. The molecule has 1 aliphatic carbocycles. The summed E-state index contributed by atoms with van der Waals surface area (Å²) in [6.07, 6.45) is 7.94. The second-order valence-electron chi connectivity index (χ2n) is 7.93. The van der Waals surface area contributed by atoms with Gasteiger partial charge in [0.2, 0.25) is 0 Å². The van der Waals surface area contributed by atoms with Crippen molar-refractivity contribution in [3.8, 4) is 0 Å². The number of benzene rings is 1. The van der Waals surface area contributed by atoms with Gasteiger partial charge in [-0.25, -0.2) is 4.79 Å². The summed E-state index contributed by atoms with van der Waals surface area (Å²) in [4.78, 5) is 19.4. The summed E-state index contributed by atoms with van der Waals surface area (Å²) in [5.41, 5.74) is 3.30. The predicted octanol–water partition coefficient (Wildman–Crippen LogP) is 4.03.